The molecule has 0 saturated carbocycles. The number of rotatable bonds is 5. The second-order valence-electron chi connectivity index (χ2n) is 4.67. The lowest BCUT2D eigenvalue weighted by molar-refractivity contribution is 0.173. The van der Waals surface area contributed by atoms with Gasteiger partial charge >= 0.3 is 0 Å². The highest BCUT2D eigenvalue weighted by Crippen LogP contribution is 2.33. The Labute approximate surface area is 126 Å². The average Bonchev–Trinajstić information content (AvgIpc) is 2.48. The van der Waals surface area contributed by atoms with Crippen LogP contribution in [0, 0.1) is 0 Å². The smallest absolute Gasteiger partial charge is 0.152 e. The van der Waals surface area contributed by atoms with E-state index in [1.54, 1.807) is 19.2 Å². The van der Waals surface area contributed by atoms with Crippen molar-refractivity contribution >= 4 is 15.9 Å². The third-order valence-electron chi connectivity index (χ3n) is 3.33. The van der Waals surface area contributed by atoms with Crippen LogP contribution in [0.4, 0.5) is 4.39 Å². The fraction of sp³-hybridized carbons (Fsp3) is 0.250. The van der Waals surface area contributed by atoms with Gasteiger partial charge in [0.1, 0.15) is 5.75 Å². The molecule has 0 spiro atoms. The Hall–Kier alpha value is -1.39. The highest BCUT2D eigenvalue weighted by Gasteiger charge is 2.31. The van der Waals surface area contributed by atoms with E-state index in [-0.39, 0.29) is 13.0 Å². The van der Waals surface area contributed by atoms with Gasteiger partial charge in [-0.05, 0) is 29.3 Å². The zero-order valence-corrected chi connectivity index (χ0v) is 12.9. The van der Waals surface area contributed by atoms with E-state index in [1.165, 1.54) is 0 Å². The second-order valence-corrected chi connectivity index (χ2v) is 5.58. The Balaban J connectivity index is 2.38. The van der Waals surface area contributed by atoms with Crippen LogP contribution in [0.5, 0.6) is 5.75 Å². The molecule has 0 heterocycles. The van der Waals surface area contributed by atoms with Gasteiger partial charge in [0.2, 0.25) is 0 Å². The summed E-state index contributed by atoms with van der Waals surface area (Å²) in [6.45, 7) is -0.0767. The van der Waals surface area contributed by atoms with Crippen LogP contribution in [-0.4, -0.2) is 13.7 Å². The minimum atomic E-state index is -1.60. The quantitative estimate of drug-likeness (QED) is 0.899. The number of nitrogens with two attached hydrogens (primary N) is 1. The van der Waals surface area contributed by atoms with Crippen LogP contribution in [0.1, 0.15) is 11.1 Å². The van der Waals surface area contributed by atoms with Gasteiger partial charge in [-0.2, -0.15) is 0 Å². The Morgan fingerprint density at radius 1 is 1.20 bits per heavy atom. The molecule has 1 unspecified atom stereocenters. The fourth-order valence-electron chi connectivity index (χ4n) is 2.22. The first-order valence-corrected chi connectivity index (χ1v) is 7.15. The standard InChI is InChI=1S/C16H17BrFNO/c1-20-15-8-7-14(17)9-12(15)10-16(18,11-19)13-5-3-2-4-6-13/h2-9H,10-11,19H2,1H3. The van der Waals surface area contributed by atoms with Crippen LogP contribution < -0.4 is 10.5 Å². The Morgan fingerprint density at radius 3 is 2.50 bits per heavy atom. The van der Waals surface area contributed by atoms with Crippen LogP contribution in [0.25, 0.3) is 0 Å². The molecule has 2 rings (SSSR count). The summed E-state index contributed by atoms with van der Waals surface area (Å²) in [4.78, 5) is 0. The molecule has 4 heteroatoms. The zero-order valence-electron chi connectivity index (χ0n) is 11.3. The lowest BCUT2D eigenvalue weighted by Gasteiger charge is -2.25. The fourth-order valence-corrected chi connectivity index (χ4v) is 2.62. The summed E-state index contributed by atoms with van der Waals surface area (Å²) in [6.07, 6.45) is 0.177. The second kappa shape index (κ2) is 6.37. The molecule has 2 aromatic carbocycles. The van der Waals surface area contributed by atoms with Crippen molar-refractivity contribution in [3.8, 4) is 5.75 Å². The van der Waals surface area contributed by atoms with E-state index in [9.17, 15) is 0 Å². The van der Waals surface area contributed by atoms with Gasteiger partial charge in [-0.15, -0.1) is 0 Å². The molecule has 2 nitrogen and oxygen atoms in total. The molecule has 106 valence electrons. The summed E-state index contributed by atoms with van der Waals surface area (Å²) in [5.74, 6) is 0.666. The van der Waals surface area contributed by atoms with Crippen molar-refractivity contribution in [2.45, 2.75) is 12.1 Å². The highest BCUT2D eigenvalue weighted by molar-refractivity contribution is 9.10. The molecule has 0 fully saturated rings. The molecule has 0 aliphatic rings. The first-order chi connectivity index (χ1) is 9.59. The van der Waals surface area contributed by atoms with Gasteiger partial charge in [0.05, 0.1) is 7.11 Å². The van der Waals surface area contributed by atoms with Crippen LogP contribution in [0.2, 0.25) is 0 Å². The van der Waals surface area contributed by atoms with E-state index in [0.717, 1.165) is 10.0 Å². The molecular formula is C16H17BrFNO. The SMILES string of the molecule is COc1ccc(Br)cc1CC(F)(CN)c1ccccc1. The molecule has 2 aromatic rings. The first-order valence-electron chi connectivity index (χ1n) is 6.36. The monoisotopic (exact) mass is 337 g/mol. The van der Waals surface area contributed by atoms with Crippen LogP contribution in [0.15, 0.2) is 53.0 Å². The van der Waals surface area contributed by atoms with E-state index in [0.29, 0.717) is 11.3 Å². The molecule has 2 N–H and O–H groups in total. The number of hydrogen-bond acceptors (Lipinski definition) is 2. The van der Waals surface area contributed by atoms with Crippen molar-refractivity contribution in [3.05, 3.63) is 64.1 Å². The number of alkyl halides is 1. The number of hydrogen-bond donors (Lipinski definition) is 1. The van der Waals surface area contributed by atoms with Gasteiger partial charge in [0, 0.05) is 17.4 Å². The Morgan fingerprint density at radius 2 is 1.90 bits per heavy atom. The zero-order chi connectivity index (χ0) is 14.6. The van der Waals surface area contributed by atoms with Crippen molar-refractivity contribution < 1.29 is 9.13 Å². The molecule has 0 aromatic heterocycles. The maximum Gasteiger partial charge on any atom is 0.152 e. The van der Waals surface area contributed by atoms with Gasteiger partial charge in [-0.1, -0.05) is 46.3 Å². The lowest BCUT2D eigenvalue weighted by atomic mass is 9.88. The summed E-state index contributed by atoms with van der Waals surface area (Å²) in [6, 6.07) is 14.6. The summed E-state index contributed by atoms with van der Waals surface area (Å²) in [5.41, 5.74) is 5.47. The number of ether oxygens (including phenoxy) is 1. The molecule has 0 aliphatic heterocycles. The molecule has 0 saturated heterocycles. The largest absolute Gasteiger partial charge is 0.496 e. The Bertz CT molecular complexity index is 576. The topological polar surface area (TPSA) is 35.2 Å². The molecule has 0 radical (unpaired) electrons. The van der Waals surface area contributed by atoms with Crippen molar-refractivity contribution in [2.24, 2.45) is 5.73 Å². The van der Waals surface area contributed by atoms with Crippen molar-refractivity contribution in [2.75, 3.05) is 13.7 Å². The average molecular weight is 338 g/mol. The van der Waals surface area contributed by atoms with Crippen molar-refractivity contribution in [3.63, 3.8) is 0 Å². The van der Waals surface area contributed by atoms with E-state index in [4.69, 9.17) is 10.5 Å². The lowest BCUT2D eigenvalue weighted by Crippen LogP contribution is -2.32. The van der Waals surface area contributed by atoms with E-state index in [2.05, 4.69) is 15.9 Å². The predicted molar refractivity (Wildman–Crippen MR) is 82.7 cm³/mol. The molecule has 20 heavy (non-hydrogen) atoms. The predicted octanol–water partition coefficient (Wildman–Crippen LogP) is 3.82. The molecule has 0 bridgehead atoms. The maximum absolute atomic E-state index is 15.2. The summed E-state index contributed by atoms with van der Waals surface area (Å²) in [5, 5.41) is 0. The number of halogens is 2. The van der Waals surface area contributed by atoms with E-state index >= 15 is 4.39 Å². The maximum atomic E-state index is 15.2. The highest BCUT2D eigenvalue weighted by atomic mass is 79.9. The Kier molecular flexibility index (Phi) is 4.78. The minimum absolute atomic E-state index is 0.0767. The van der Waals surface area contributed by atoms with Crippen molar-refractivity contribution in [1.29, 1.82) is 0 Å². The van der Waals surface area contributed by atoms with Gasteiger partial charge < -0.3 is 10.5 Å². The van der Waals surface area contributed by atoms with Crippen molar-refractivity contribution in [1.82, 2.24) is 0 Å². The molecule has 1 atom stereocenters. The van der Waals surface area contributed by atoms with Crippen LogP contribution >= 0.6 is 15.9 Å². The van der Waals surface area contributed by atoms with Crippen LogP contribution in [0.3, 0.4) is 0 Å². The number of benzene rings is 2. The van der Waals surface area contributed by atoms with Gasteiger partial charge in [0.15, 0.2) is 5.67 Å². The van der Waals surface area contributed by atoms with Crippen LogP contribution in [-0.2, 0) is 12.1 Å². The summed E-state index contributed by atoms with van der Waals surface area (Å²) < 4.78 is 21.4. The minimum Gasteiger partial charge on any atom is -0.496 e. The molecular weight excluding hydrogens is 321 g/mol. The summed E-state index contributed by atoms with van der Waals surface area (Å²) >= 11 is 3.40. The first kappa shape index (κ1) is 15.0. The van der Waals surface area contributed by atoms with E-state index in [1.807, 2.05) is 36.4 Å². The number of methoxy groups -OCH3 is 1. The molecule has 0 amide bonds. The van der Waals surface area contributed by atoms with Gasteiger partial charge in [-0.25, -0.2) is 4.39 Å². The third-order valence-corrected chi connectivity index (χ3v) is 3.82. The van der Waals surface area contributed by atoms with Gasteiger partial charge in [0.25, 0.3) is 0 Å². The summed E-state index contributed by atoms with van der Waals surface area (Å²) in [7, 11) is 1.58. The van der Waals surface area contributed by atoms with Gasteiger partial charge in [-0.3, -0.25) is 0 Å². The normalized spacial score (nSPS) is 13.8. The molecule has 0 aliphatic carbocycles. The third kappa shape index (κ3) is 3.19. The van der Waals surface area contributed by atoms with E-state index < -0.39 is 5.67 Å².